The van der Waals surface area contributed by atoms with Gasteiger partial charge in [0.05, 0.1) is 0 Å². The first-order chi connectivity index (χ1) is 3.48. The number of hydrogen-bond donors (Lipinski definition) is 0. The van der Waals surface area contributed by atoms with E-state index < -0.39 is 9.84 Å². The van der Waals surface area contributed by atoms with Gasteiger partial charge in [-0.15, -0.1) is 0 Å². The highest BCUT2D eigenvalue weighted by Crippen LogP contribution is 1.85. The van der Waals surface area contributed by atoms with Crippen molar-refractivity contribution in [3.05, 3.63) is 0 Å². The van der Waals surface area contributed by atoms with Gasteiger partial charge in [0.1, 0.15) is 5.04 Å². The molecule has 0 saturated carbocycles. The Morgan fingerprint density at radius 2 is 1.88 bits per heavy atom. The van der Waals surface area contributed by atoms with E-state index in [4.69, 9.17) is 0 Å². The zero-order valence-electron chi connectivity index (χ0n) is 5.17. The molecule has 0 N–H and O–H groups in total. The van der Waals surface area contributed by atoms with Crippen LogP contribution in [0.1, 0.15) is 6.92 Å². The molecule has 4 heteroatoms. The fraction of sp³-hybridized carbons (Fsp3) is 0.750. The van der Waals surface area contributed by atoms with Crippen LogP contribution < -0.4 is 0 Å². The van der Waals surface area contributed by atoms with Crippen molar-refractivity contribution < 1.29 is 8.42 Å². The molecule has 0 fully saturated rings. The van der Waals surface area contributed by atoms with E-state index in [1.165, 1.54) is 14.0 Å². The van der Waals surface area contributed by atoms with Crippen molar-refractivity contribution in [2.45, 2.75) is 6.92 Å². The van der Waals surface area contributed by atoms with Gasteiger partial charge in [0, 0.05) is 13.3 Å². The fourth-order valence-corrected chi connectivity index (χ4v) is 0.497. The van der Waals surface area contributed by atoms with Crippen LogP contribution in [-0.4, -0.2) is 26.8 Å². The lowest BCUT2D eigenvalue weighted by molar-refractivity contribution is 0.612. The van der Waals surface area contributed by atoms with E-state index in [0.29, 0.717) is 0 Å². The van der Waals surface area contributed by atoms with Gasteiger partial charge in [-0.2, -0.15) is 0 Å². The third kappa shape index (κ3) is 2.07. The summed E-state index contributed by atoms with van der Waals surface area (Å²) in [5, 5.41) is 0.178. The summed E-state index contributed by atoms with van der Waals surface area (Å²) in [6.45, 7) is 1.47. The van der Waals surface area contributed by atoms with Gasteiger partial charge in [0.15, 0.2) is 9.84 Å². The number of sulfone groups is 1. The summed E-state index contributed by atoms with van der Waals surface area (Å²) in [6, 6.07) is 0. The maximum absolute atomic E-state index is 10.4. The van der Waals surface area contributed by atoms with Crippen molar-refractivity contribution in [1.29, 1.82) is 0 Å². The molecule has 0 aliphatic rings. The van der Waals surface area contributed by atoms with E-state index in [9.17, 15) is 8.42 Å². The molecule has 8 heavy (non-hydrogen) atoms. The lowest BCUT2D eigenvalue weighted by Gasteiger charge is -1.89. The fourth-order valence-electron chi connectivity index (χ4n) is 0.166. The molecule has 0 spiro atoms. The van der Waals surface area contributed by atoms with E-state index in [1.54, 1.807) is 0 Å². The summed E-state index contributed by atoms with van der Waals surface area (Å²) in [5.74, 6) is 0. The summed E-state index contributed by atoms with van der Waals surface area (Å²) < 4.78 is 20.9. The van der Waals surface area contributed by atoms with Crippen molar-refractivity contribution in [2.24, 2.45) is 4.99 Å². The third-order valence-electron chi connectivity index (χ3n) is 0.852. The first-order valence-electron chi connectivity index (χ1n) is 2.12. The largest absolute Gasteiger partial charge is 0.281 e. The average molecular weight is 135 g/mol. The van der Waals surface area contributed by atoms with Crippen molar-refractivity contribution in [3.8, 4) is 0 Å². The molecular formula is C4H9NO2S. The number of hydrogen-bond acceptors (Lipinski definition) is 3. The Kier molecular flexibility index (Phi) is 2.15. The second-order valence-electron chi connectivity index (χ2n) is 1.51. The van der Waals surface area contributed by atoms with Gasteiger partial charge in [-0.05, 0) is 6.92 Å². The minimum Gasteiger partial charge on any atom is -0.281 e. The van der Waals surface area contributed by atoms with Gasteiger partial charge in [0.2, 0.25) is 0 Å². The monoisotopic (exact) mass is 135 g/mol. The molecule has 0 bridgehead atoms. The maximum Gasteiger partial charge on any atom is 0.188 e. The molecule has 0 heterocycles. The minimum atomic E-state index is -3.00. The molecule has 0 rings (SSSR count). The highest BCUT2D eigenvalue weighted by atomic mass is 32.2. The molecule has 0 aliphatic carbocycles. The lowest BCUT2D eigenvalue weighted by atomic mass is 10.9. The lowest BCUT2D eigenvalue weighted by Crippen LogP contribution is -2.07. The highest BCUT2D eigenvalue weighted by Gasteiger charge is 2.03. The summed E-state index contributed by atoms with van der Waals surface area (Å²) in [4.78, 5) is 3.49. The number of nitrogens with zero attached hydrogens (tertiary/aromatic N) is 1. The molecule has 0 atom stereocenters. The van der Waals surface area contributed by atoms with Crippen LogP contribution in [-0.2, 0) is 9.84 Å². The average Bonchev–Trinajstić information content (AvgIpc) is 1.62. The van der Waals surface area contributed by atoms with Crippen LogP contribution in [0, 0.1) is 0 Å². The summed E-state index contributed by atoms with van der Waals surface area (Å²) in [7, 11) is -1.55. The van der Waals surface area contributed by atoms with Crippen LogP contribution in [0.3, 0.4) is 0 Å². The van der Waals surface area contributed by atoms with Gasteiger partial charge in [0.25, 0.3) is 0 Å². The molecule has 0 saturated heterocycles. The predicted molar refractivity (Wildman–Crippen MR) is 33.9 cm³/mol. The second kappa shape index (κ2) is 2.26. The summed E-state index contributed by atoms with van der Waals surface area (Å²) in [6.07, 6.45) is 1.13. The molecule has 48 valence electrons. The van der Waals surface area contributed by atoms with Gasteiger partial charge in [-0.1, -0.05) is 0 Å². The van der Waals surface area contributed by atoms with Gasteiger partial charge >= 0.3 is 0 Å². The Balaban J connectivity index is 4.55. The van der Waals surface area contributed by atoms with E-state index in [0.717, 1.165) is 6.26 Å². The molecule has 3 nitrogen and oxygen atoms in total. The SMILES string of the molecule is C/N=C(\C)S(C)(=O)=O. The van der Waals surface area contributed by atoms with E-state index >= 15 is 0 Å². The quantitative estimate of drug-likeness (QED) is 0.349. The van der Waals surface area contributed by atoms with Gasteiger partial charge < -0.3 is 0 Å². The van der Waals surface area contributed by atoms with Crippen molar-refractivity contribution in [2.75, 3.05) is 13.3 Å². The summed E-state index contributed by atoms with van der Waals surface area (Å²) in [5.41, 5.74) is 0. The maximum atomic E-state index is 10.4. The normalized spacial score (nSPS) is 14.1. The first-order valence-corrected chi connectivity index (χ1v) is 4.01. The Labute approximate surface area is 49.4 Å². The molecule has 0 aromatic rings. The molecule has 0 aromatic heterocycles. The molecule has 0 unspecified atom stereocenters. The van der Waals surface area contributed by atoms with Gasteiger partial charge in [-0.25, -0.2) is 8.42 Å². The summed E-state index contributed by atoms with van der Waals surface area (Å²) >= 11 is 0. The Morgan fingerprint density at radius 3 is 1.88 bits per heavy atom. The number of aliphatic imine (C=N–C) groups is 1. The van der Waals surface area contributed by atoms with Crippen LogP contribution in [0.5, 0.6) is 0 Å². The Bertz CT molecular complexity index is 190. The van der Waals surface area contributed by atoms with E-state index in [1.807, 2.05) is 0 Å². The third-order valence-corrected chi connectivity index (χ3v) is 2.11. The molecule has 0 amide bonds. The number of rotatable bonds is 0. The van der Waals surface area contributed by atoms with E-state index in [2.05, 4.69) is 4.99 Å². The second-order valence-corrected chi connectivity index (χ2v) is 3.65. The molecule has 0 aromatic carbocycles. The molecule has 0 radical (unpaired) electrons. The predicted octanol–water partition coefficient (Wildman–Crippen LogP) is 0.0792. The van der Waals surface area contributed by atoms with E-state index in [-0.39, 0.29) is 5.04 Å². The molecule has 0 aliphatic heterocycles. The Hall–Kier alpha value is -0.380. The highest BCUT2D eigenvalue weighted by molar-refractivity contribution is 8.05. The smallest absolute Gasteiger partial charge is 0.188 e. The van der Waals surface area contributed by atoms with Crippen LogP contribution >= 0.6 is 0 Å². The van der Waals surface area contributed by atoms with Crippen LogP contribution in [0.4, 0.5) is 0 Å². The zero-order valence-corrected chi connectivity index (χ0v) is 5.99. The minimum absolute atomic E-state index is 0.178. The first kappa shape index (κ1) is 7.62. The van der Waals surface area contributed by atoms with Crippen LogP contribution in [0.25, 0.3) is 0 Å². The van der Waals surface area contributed by atoms with Crippen molar-refractivity contribution >= 4 is 14.9 Å². The standard InChI is InChI=1S/C4H9NO2S/c1-4(5-2)8(3,6)7/h1-3H3/b5-4+. The topological polar surface area (TPSA) is 46.5 Å². The van der Waals surface area contributed by atoms with Crippen molar-refractivity contribution in [1.82, 2.24) is 0 Å². The van der Waals surface area contributed by atoms with Crippen LogP contribution in [0.15, 0.2) is 4.99 Å². The molecular weight excluding hydrogens is 126 g/mol. The van der Waals surface area contributed by atoms with Crippen molar-refractivity contribution in [3.63, 3.8) is 0 Å². The van der Waals surface area contributed by atoms with Gasteiger partial charge in [-0.3, -0.25) is 4.99 Å². The van der Waals surface area contributed by atoms with Crippen LogP contribution in [0.2, 0.25) is 0 Å². The Morgan fingerprint density at radius 1 is 1.50 bits per heavy atom. The zero-order chi connectivity index (χ0) is 6.78.